The summed E-state index contributed by atoms with van der Waals surface area (Å²) in [5, 5.41) is 1.78. The molecule has 0 bridgehead atoms. The van der Waals surface area contributed by atoms with E-state index >= 15 is 0 Å². The zero-order valence-electron chi connectivity index (χ0n) is 12.5. The molecule has 1 N–H and O–H groups in total. The average molecular weight is 292 g/mol. The van der Waals surface area contributed by atoms with Gasteiger partial charge in [0.25, 0.3) is 0 Å². The van der Waals surface area contributed by atoms with Crippen molar-refractivity contribution in [2.75, 3.05) is 0 Å². The van der Waals surface area contributed by atoms with Crippen LogP contribution < -0.4 is 5.46 Å². The van der Waals surface area contributed by atoms with Gasteiger partial charge in [-0.2, -0.15) is 0 Å². The number of hydrogen-bond acceptors (Lipinski definition) is 2. The number of hydrogen-bond donors (Lipinski definition) is 1. The Morgan fingerprint density at radius 1 is 1.05 bits per heavy atom. The summed E-state index contributed by atoms with van der Waals surface area (Å²) in [5.41, 5.74) is 2.38. The molecule has 2 aromatic rings. The summed E-state index contributed by atoms with van der Waals surface area (Å²) in [7, 11) is -0.403. The van der Waals surface area contributed by atoms with Gasteiger partial charge in [-0.3, -0.25) is 0 Å². The fourth-order valence-corrected chi connectivity index (χ4v) is 2.77. The number of fused-ring (bicyclic) bond motifs is 1. The number of aromatic amines is 1. The summed E-state index contributed by atoms with van der Waals surface area (Å²) in [4.78, 5) is 3.37. The molecule has 0 saturated carbocycles. The predicted octanol–water partition coefficient (Wildman–Crippen LogP) is 3.43. The molecule has 2 heterocycles. The smallest absolute Gasteiger partial charge is 0.399 e. The summed E-state index contributed by atoms with van der Waals surface area (Å²) in [5.74, 6) is 0. The molecule has 1 aromatic carbocycles. The van der Waals surface area contributed by atoms with Gasteiger partial charge >= 0.3 is 7.12 Å². The van der Waals surface area contributed by atoms with Crippen molar-refractivity contribution in [3.8, 4) is 0 Å². The van der Waals surface area contributed by atoms with Gasteiger partial charge in [0.15, 0.2) is 0 Å². The topological polar surface area (TPSA) is 34.2 Å². The molecule has 1 aliphatic rings. The van der Waals surface area contributed by atoms with Crippen LogP contribution in [0, 0.1) is 6.92 Å². The van der Waals surface area contributed by atoms with E-state index in [9.17, 15) is 0 Å². The Morgan fingerprint density at radius 3 is 2.25 bits per heavy atom. The van der Waals surface area contributed by atoms with E-state index in [0.29, 0.717) is 5.02 Å². The van der Waals surface area contributed by atoms with Crippen molar-refractivity contribution in [2.24, 2.45) is 0 Å². The predicted molar refractivity (Wildman–Crippen MR) is 83.8 cm³/mol. The minimum atomic E-state index is -0.403. The largest absolute Gasteiger partial charge is 0.497 e. The number of halogens is 1. The fourth-order valence-electron chi connectivity index (χ4n) is 2.53. The van der Waals surface area contributed by atoms with E-state index in [1.54, 1.807) is 0 Å². The number of rotatable bonds is 1. The molecule has 106 valence electrons. The standard InChI is InChI=1S/C15H19BClNO2/c1-9-6-10-7-11(17)8-12(13(10)18-9)16-19-14(2,3)15(4,5)20-16/h6-8,18H,1-5H3. The first-order valence-corrected chi connectivity index (χ1v) is 7.22. The second kappa shape index (κ2) is 4.26. The average Bonchev–Trinajstić information content (AvgIpc) is 2.75. The van der Waals surface area contributed by atoms with Crippen LogP contribution in [0.25, 0.3) is 10.9 Å². The molecule has 0 spiro atoms. The second-order valence-electron chi connectivity index (χ2n) is 6.50. The molecule has 0 unspecified atom stereocenters. The molecule has 1 aromatic heterocycles. The molecule has 20 heavy (non-hydrogen) atoms. The van der Waals surface area contributed by atoms with Crippen LogP contribution >= 0.6 is 11.6 Å². The SMILES string of the molecule is Cc1cc2cc(Cl)cc(B3OC(C)(C)C(C)(C)O3)c2[nH]1. The van der Waals surface area contributed by atoms with Crippen LogP contribution in [0.4, 0.5) is 0 Å². The van der Waals surface area contributed by atoms with Gasteiger partial charge in [0.1, 0.15) is 0 Å². The Balaban J connectivity index is 2.12. The third kappa shape index (κ3) is 2.07. The normalized spacial score (nSPS) is 20.8. The van der Waals surface area contributed by atoms with E-state index in [0.717, 1.165) is 22.1 Å². The Morgan fingerprint density at radius 2 is 1.65 bits per heavy atom. The minimum Gasteiger partial charge on any atom is -0.399 e. The first-order valence-electron chi connectivity index (χ1n) is 6.84. The highest BCUT2D eigenvalue weighted by Gasteiger charge is 2.52. The molecule has 1 fully saturated rings. The maximum atomic E-state index is 6.23. The van der Waals surface area contributed by atoms with Crippen molar-refractivity contribution in [1.29, 1.82) is 0 Å². The maximum absolute atomic E-state index is 6.23. The Labute approximate surface area is 124 Å². The van der Waals surface area contributed by atoms with Gasteiger partial charge in [-0.05, 0) is 52.8 Å². The zero-order valence-corrected chi connectivity index (χ0v) is 13.3. The highest BCUT2D eigenvalue weighted by atomic mass is 35.5. The van der Waals surface area contributed by atoms with Gasteiger partial charge in [0.05, 0.1) is 11.2 Å². The fraction of sp³-hybridized carbons (Fsp3) is 0.467. The number of aryl methyl sites for hydroxylation is 1. The van der Waals surface area contributed by atoms with Crippen LogP contribution in [-0.2, 0) is 9.31 Å². The van der Waals surface area contributed by atoms with Gasteiger partial charge in [-0.15, -0.1) is 0 Å². The third-order valence-corrected chi connectivity index (χ3v) is 4.58. The number of nitrogens with one attached hydrogen (secondary N) is 1. The monoisotopic (exact) mass is 291 g/mol. The van der Waals surface area contributed by atoms with Crippen LogP contribution in [0.15, 0.2) is 18.2 Å². The maximum Gasteiger partial charge on any atom is 0.497 e. The molecule has 3 nitrogen and oxygen atoms in total. The van der Waals surface area contributed by atoms with Gasteiger partial charge in [-0.25, -0.2) is 0 Å². The lowest BCUT2D eigenvalue weighted by molar-refractivity contribution is 0.00578. The zero-order chi connectivity index (χ0) is 14.7. The molecule has 3 rings (SSSR count). The second-order valence-corrected chi connectivity index (χ2v) is 6.94. The van der Waals surface area contributed by atoms with Crippen molar-refractivity contribution in [3.63, 3.8) is 0 Å². The van der Waals surface area contributed by atoms with Gasteiger partial charge < -0.3 is 14.3 Å². The van der Waals surface area contributed by atoms with Gasteiger partial charge in [0.2, 0.25) is 0 Å². The summed E-state index contributed by atoms with van der Waals surface area (Å²) >= 11 is 6.23. The van der Waals surface area contributed by atoms with Crippen molar-refractivity contribution < 1.29 is 9.31 Å². The van der Waals surface area contributed by atoms with Gasteiger partial charge in [0, 0.05) is 27.1 Å². The molecule has 1 saturated heterocycles. The molecule has 1 aliphatic heterocycles. The first-order chi connectivity index (χ1) is 9.19. The number of benzene rings is 1. The molecular weight excluding hydrogens is 272 g/mol. The van der Waals surface area contributed by atoms with Crippen LogP contribution in [0.3, 0.4) is 0 Å². The van der Waals surface area contributed by atoms with Crippen LogP contribution in [0.1, 0.15) is 33.4 Å². The van der Waals surface area contributed by atoms with E-state index in [-0.39, 0.29) is 11.2 Å². The molecule has 0 amide bonds. The third-order valence-electron chi connectivity index (χ3n) is 4.37. The summed E-state index contributed by atoms with van der Waals surface area (Å²) in [6, 6.07) is 5.95. The molecule has 5 heteroatoms. The van der Waals surface area contributed by atoms with Crippen LogP contribution in [0.2, 0.25) is 5.02 Å². The Kier molecular flexibility index (Phi) is 2.98. The number of aromatic nitrogens is 1. The summed E-state index contributed by atoms with van der Waals surface area (Å²) in [6.07, 6.45) is 0. The van der Waals surface area contributed by atoms with E-state index in [4.69, 9.17) is 20.9 Å². The molecular formula is C15H19BClNO2. The quantitative estimate of drug-likeness (QED) is 0.817. The molecule has 0 atom stereocenters. The Hall–Kier alpha value is -0.965. The van der Waals surface area contributed by atoms with E-state index in [1.165, 1.54) is 0 Å². The highest BCUT2D eigenvalue weighted by molar-refractivity contribution is 6.65. The van der Waals surface area contributed by atoms with Crippen molar-refractivity contribution in [1.82, 2.24) is 4.98 Å². The van der Waals surface area contributed by atoms with E-state index < -0.39 is 7.12 Å². The highest BCUT2D eigenvalue weighted by Crippen LogP contribution is 2.37. The van der Waals surface area contributed by atoms with Crippen LogP contribution in [0.5, 0.6) is 0 Å². The van der Waals surface area contributed by atoms with E-state index in [1.807, 2.05) is 19.1 Å². The van der Waals surface area contributed by atoms with Crippen molar-refractivity contribution >= 4 is 35.1 Å². The Bertz CT molecular complexity index is 662. The molecule has 0 aliphatic carbocycles. The lowest BCUT2D eigenvalue weighted by Gasteiger charge is -2.32. The van der Waals surface area contributed by atoms with Gasteiger partial charge in [-0.1, -0.05) is 11.6 Å². The summed E-state index contributed by atoms with van der Waals surface area (Å²) < 4.78 is 12.2. The minimum absolute atomic E-state index is 0.353. The van der Waals surface area contributed by atoms with E-state index in [2.05, 4.69) is 38.7 Å². The first kappa shape index (κ1) is 14.0. The lowest BCUT2D eigenvalue weighted by atomic mass is 9.78. The number of H-pyrrole nitrogens is 1. The lowest BCUT2D eigenvalue weighted by Crippen LogP contribution is -2.41. The van der Waals surface area contributed by atoms with Crippen LogP contribution in [-0.4, -0.2) is 23.3 Å². The summed E-state index contributed by atoms with van der Waals surface area (Å²) in [6.45, 7) is 10.2. The van der Waals surface area contributed by atoms with Crippen molar-refractivity contribution in [3.05, 3.63) is 28.9 Å². The molecule has 0 radical (unpaired) electrons. The van der Waals surface area contributed by atoms with Crippen molar-refractivity contribution in [2.45, 2.75) is 45.8 Å².